The van der Waals surface area contributed by atoms with E-state index in [-0.39, 0.29) is 41.4 Å². The van der Waals surface area contributed by atoms with E-state index in [2.05, 4.69) is 4.98 Å². The van der Waals surface area contributed by atoms with E-state index in [9.17, 15) is 9.59 Å². The number of ether oxygens (including phenoxy) is 4. The van der Waals surface area contributed by atoms with Gasteiger partial charge in [0.25, 0.3) is 0 Å². The Morgan fingerprint density at radius 3 is 2.24 bits per heavy atom. The summed E-state index contributed by atoms with van der Waals surface area (Å²) in [4.78, 5) is 28.8. The number of esters is 2. The summed E-state index contributed by atoms with van der Waals surface area (Å²) in [6, 6.07) is 2.83. The van der Waals surface area contributed by atoms with E-state index in [1.165, 1.54) is 26.4 Å². The lowest BCUT2D eigenvalue weighted by Gasteiger charge is -2.15. The molecular weight excluding hydrogens is 328 g/mol. The minimum atomic E-state index is -0.668. The van der Waals surface area contributed by atoms with E-state index in [1.54, 1.807) is 13.8 Å². The van der Waals surface area contributed by atoms with Crippen LogP contribution in [0.2, 0.25) is 0 Å². The number of hydrogen-bond donors (Lipinski definition) is 1. The standard InChI is InChI=1S/C17H20N2O6/c1-5-24-16(20)9-7-11(17(21)25-6-2)19-14-13(9)10(18)8-12(22-3)15(14)23-4/h7-8H,5-6,18H2,1-4H3. The molecule has 0 aliphatic carbocycles. The Labute approximate surface area is 144 Å². The molecule has 2 N–H and O–H groups in total. The molecule has 8 heteroatoms. The Morgan fingerprint density at radius 2 is 1.68 bits per heavy atom. The van der Waals surface area contributed by atoms with Gasteiger partial charge in [0.15, 0.2) is 11.5 Å². The molecule has 2 aromatic rings. The van der Waals surface area contributed by atoms with Crippen LogP contribution in [0.15, 0.2) is 12.1 Å². The molecule has 0 bridgehead atoms. The number of hydrogen-bond acceptors (Lipinski definition) is 8. The van der Waals surface area contributed by atoms with Crippen LogP contribution in [0.4, 0.5) is 5.69 Å². The molecular formula is C17H20N2O6. The number of nitrogens with zero attached hydrogens (tertiary/aromatic N) is 1. The number of carbonyl (C=O) groups excluding carboxylic acids is 2. The summed E-state index contributed by atoms with van der Waals surface area (Å²) in [6.45, 7) is 3.70. The molecule has 0 fully saturated rings. The Kier molecular flexibility index (Phi) is 5.63. The van der Waals surface area contributed by atoms with Gasteiger partial charge < -0.3 is 24.7 Å². The Bertz CT molecular complexity index is 819. The summed E-state index contributed by atoms with van der Waals surface area (Å²) in [6.07, 6.45) is 0. The zero-order valence-electron chi connectivity index (χ0n) is 14.5. The minimum Gasteiger partial charge on any atom is -0.493 e. The molecule has 1 aromatic heterocycles. The molecule has 0 saturated carbocycles. The van der Waals surface area contributed by atoms with Crippen molar-refractivity contribution >= 4 is 28.5 Å². The smallest absolute Gasteiger partial charge is 0.356 e. The van der Waals surface area contributed by atoms with Crippen LogP contribution < -0.4 is 15.2 Å². The van der Waals surface area contributed by atoms with E-state index in [0.29, 0.717) is 11.1 Å². The minimum absolute atomic E-state index is 0.0524. The van der Waals surface area contributed by atoms with Gasteiger partial charge in [0.05, 0.1) is 33.0 Å². The second-order valence-electron chi connectivity index (χ2n) is 4.92. The van der Waals surface area contributed by atoms with Gasteiger partial charge in [0.2, 0.25) is 0 Å². The maximum atomic E-state index is 12.4. The summed E-state index contributed by atoms with van der Waals surface area (Å²) in [5.74, 6) is -0.711. The lowest BCUT2D eigenvalue weighted by atomic mass is 10.0. The average Bonchev–Trinajstić information content (AvgIpc) is 2.60. The van der Waals surface area contributed by atoms with Crippen LogP contribution in [-0.4, -0.2) is 44.4 Å². The van der Waals surface area contributed by atoms with Crippen LogP contribution in [0.3, 0.4) is 0 Å². The zero-order valence-corrected chi connectivity index (χ0v) is 14.5. The zero-order chi connectivity index (χ0) is 18.6. The predicted octanol–water partition coefficient (Wildman–Crippen LogP) is 2.19. The third kappa shape index (κ3) is 3.42. The maximum absolute atomic E-state index is 12.4. The molecule has 0 amide bonds. The number of methoxy groups -OCH3 is 2. The van der Waals surface area contributed by atoms with Crippen molar-refractivity contribution in [1.82, 2.24) is 4.98 Å². The van der Waals surface area contributed by atoms with Gasteiger partial charge in [-0.3, -0.25) is 0 Å². The second kappa shape index (κ2) is 7.69. The Morgan fingerprint density at radius 1 is 1.04 bits per heavy atom. The van der Waals surface area contributed by atoms with Gasteiger partial charge in [0, 0.05) is 17.1 Å². The highest BCUT2D eigenvalue weighted by molar-refractivity contribution is 6.12. The fourth-order valence-corrected chi connectivity index (χ4v) is 2.43. The van der Waals surface area contributed by atoms with Crippen molar-refractivity contribution in [2.75, 3.05) is 33.2 Å². The van der Waals surface area contributed by atoms with E-state index in [4.69, 9.17) is 24.7 Å². The van der Waals surface area contributed by atoms with Crippen molar-refractivity contribution in [1.29, 1.82) is 0 Å². The summed E-state index contributed by atoms with van der Waals surface area (Å²) >= 11 is 0. The summed E-state index contributed by atoms with van der Waals surface area (Å²) in [7, 11) is 2.88. The lowest BCUT2D eigenvalue weighted by Crippen LogP contribution is -2.13. The first-order valence-electron chi connectivity index (χ1n) is 7.67. The molecule has 2 rings (SSSR count). The van der Waals surface area contributed by atoms with Crippen molar-refractivity contribution in [3.63, 3.8) is 0 Å². The van der Waals surface area contributed by atoms with Crippen LogP contribution in [0, 0.1) is 0 Å². The third-order valence-corrected chi connectivity index (χ3v) is 3.44. The largest absolute Gasteiger partial charge is 0.493 e. The summed E-state index contributed by atoms with van der Waals surface area (Å²) in [5, 5.41) is 0.323. The van der Waals surface area contributed by atoms with Gasteiger partial charge in [-0.15, -0.1) is 0 Å². The molecule has 0 aliphatic heterocycles. The molecule has 134 valence electrons. The van der Waals surface area contributed by atoms with E-state index >= 15 is 0 Å². The van der Waals surface area contributed by atoms with Crippen LogP contribution in [0.25, 0.3) is 10.9 Å². The molecule has 0 unspecified atom stereocenters. The van der Waals surface area contributed by atoms with Gasteiger partial charge in [-0.25, -0.2) is 14.6 Å². The SMILES string of the molecule is CCOC(=O)c1cc(C(=O)OCC)c2c(N)cc(OC)c(OC)c2n1. The number of fused-ring (bicyclic) bond motifs is 1. The molecule has 8 nitrogen and oxygen atoms in total. The molecule has 0 atom stereocenters. The van der Waals surface area contributed by atoms with Gasteiger partial charge >= 0.3 is 11.9 Å². The lowest BCUT2D eigenvalue weighted by molar-refractivity contribution is 0.0519. The molecule has 0 spiro atoms. The molecule has 1 heterocycles. The Balaban J connectivity index is 2.87. The van der Waals surface area contributed by atoms with Crippen molar-refractivity contribution < 1.29 is 28.5 Å². The molecule has 25 heavy (non-hydrogen) atoms. The van der Waals surface area contributed by atoms with Crippen molar-refractivity contribution in [2.24, 2.45) is 0 Å². The highest BCUT2D eigenvalue weighted by Crippen LogP contribution is 2.40. The molecule has 0 saturated heterocycles. The number of nitrogens with two attached hydrogens (primary N) is 1. The summed E-state index contributed by atoms with van der Waals surface area (Å²) < 4.78 is 20.6. The maximum Gasteiger partial charge on any atom is 0.356 e. The van der Waals surface area contributed by atoms with E-state index in [1.807, 2.05) is 0 Å². The fraction of sp³-hybridized carbons (Fsp3) is 0.353. The predicted molar refractivity (Wildman–Crippen MR) is 91.2 cm³/mol. The first kappa shape index (κ1) is 18.3. The number of benzene rings is 1. The average molecular weight is 348 g/mol. The van der Waals surface area contributed by atoms with Gasteiger partial charge in [-0.2, -0.15) is 0 Å². The monoisotopic (exact) mass is 348 g/mol. The van der Waals surface area contributed by atoms with Crippen molar-refractivity contribution in [3.05, 3.63) is 23.4 Å². The van der Waals surface area contributed by atoms with Crippen molar-refractivity contribution in [2.45, 2.75) is 13.8 Å². The number of pyridine rings is 1. The number of rotatable bonds is 6. The summed E-state index contributed by atoms with van der Waals surface area (Å²) in [5.41, 5.74) is 6.59. The van der Waals surface area contributed by atoms with Gasteiger partial charge in [-0.1, -0.05) is 0 Å². The Hall–Kier alpha value is -3.03. The highest BCUT2D eigenvalue weighted by Gasteiger charge is 2.24. The number of nitrogen functional groups attached to an aromatic ring is 1. The molecule has 0 aliphatic rings. The van der Waals surface area contributed by atoms with Crippen molar-refractivity contribution in [3.8, 4) is 11.5 Å². The first-order valence-corrected chi connectivity index (χ1v) is 7.67. The van der Waals surface area contributed by atoms with Crippen LogP contribution in [0.5, 0.6) is 11.5 Å². The van der Waals surface area contributed by atoms with Gasteiger partial charge in [0.1, 0.15) is 11.2 Å². The normalized spacial score (nSPS) is 10.4. The van der Waals surface area contributed by atoms with Crippen LogP contribution >= 0.6 is 0 Å². The fourth-order valence-electron chi connectivity index (χ4n) is 2.43. The number of carbonyl (C=O) groups is 2. The van der Waals surface area contributed by atoms with Crippen LogP contribution in [-0.2, 0) is 9.47 Å². The number of aromatic nitrogens is 1. The van der Waals surface area contributed by atoms with E-state index in [0.717, 1.165) is 0 Å². The van der Waals surface area contributed by atoms with E-state index < -0.39 is 11.9 Å². The quantitative estimate of drug-likeness (QED) is 0.625. The number of anilines is 1. The third-order valence-electron chi connectivity index (χ3n) is 3.44. The molecule has 0 radical (unpaired) electrons. The second-order valence-corrected chi connectivity index (χ2v) is 4.92. The van der Waals surface area contributed by atoms with Gasteiger partial charge in [-0.05, 0) is 19.9 Å². The first-order chi connectivity index (χ1) is 12.0. The van der Waals surface area contributed by atoms with Crippen LogP contribution in [0.1, 0.15) is 34.7 Å². The topological polar surface area (TPSA) is 110 Å². The highest BCUT2D eigenvalue weighted by atomic mass is 16.5. The molecule has 1 aromatic carbocycles.